The molecule has 6 rings (SSSR count). The van der Waals surface area contributed by atoms with Crippen LogP contribution < -0.4 is 10.5 Å². The van der Waals surface area contributed by atoms with Gasteiger partial charge in [0.2, 0.25) is 0 Å². The molecule has 3 aromatic rings. The second-order valence-corrected chi connectivity index (χ2v) is 11.0. The predicted octanol–water partition coefficient (Wildman–Crippen LogP) is 3.31. The predicted molar refractivity (Wildman–Crippen MR) is 136 cm³/mol. The maximum absolute atomic E-state index is 12.1. The van der Waals surface area contributed by atoms with Crippen LogP contribution in [0.3, 0.4) is 0 Å². The van der Waals surface area contributed by atoms with Crippen molar-refractivity contribution in [1.82, 2.24) is 9.97 Å². The second-order valence-electron chi connectivity index (χ2n) is 10.6. The van der Waals surface area contributed by atoms with Gasteiger partial charge in [-0.2, -0.15) is 0 Å². The molecule has 1 aromatic carbocycles. The molecule has 196 valence electrons. The third-order valence-corrected chi connectivity index (χ3v) is 7.96. The normalized spacial score (nSPS) is 28.0. The molecule has 9 nitrogen and oxygen atoms in total. The number of aromatic nitrogens is 2. The molecule has 4 atom stereocenters. The van der Waals surface area contributed by atoms with Gasteiger partial charge in [0, 0.05) is 17.0 Å². The van der Waals surface area contributed by atoms with Gasteiger partial charge in [-0.1, -0.05) is 49.7 Å². The Kier molecular flexibility index (Phi) is 5.96. The molecule has 2 aliphatic heterocycles. The van der Waals surface area contributed by atoms with Gasteiger partial charge in [-0.15, -0.1) is 0 Å². The molecule has 2 aromatic heterocycles. The Bertz CT molecular complexity index is 1340. The van der Waals surface area contributed by atoms with Gasteiger partial charge in [-0.3, -0.25) is 10.5 Å². The molecule has 3 aliphatic rings. The number of nitrogens with zero attached hydrogens (tertiary/aromatic N) is 1. The molecule has 0 amide bonds. The molecule has 10 heteroatoms. The lowest BCUT2D eigenvalue weighted by molar-refractivity contribution is -0.157. The third-order valence-electron chi connectivity index (χ3n) is 7.68. The lowest BCUT2D eigenvalue weighted by Gasteiger charge is -2.28. The fourth-order valence-electron chi connectivity index (χ4n) is 5.12. The van der Waals surface area contributed by atoms with Crippen molar-refractivity contribution in [3.05, 3.63) is 47.0 Å². The Morgan fingerprint density at radius 3 is 2.70 bits per heavy atom. The fraction of sp³-hybridized carbons (Fsp3) is 0.481. The van der Waals surface area contributed by atoms with Crippen LogP contribution in [0.1, 0.15) is 32.3 Å². The van der Waals surface area contributed by atoms with E-state index in [1.165, 1.54) is 0 Å². The van der Waals surface area contributed by atoms with Crippen LogP contribution in [0.5, 0.6) is 5.88 Å². The van der Waals surface area contributed by atoms with E-state index in [-0.39, 0.29) is 37.1 Å². The van der Waals surface area contributed by atoms with Gasteiger partial charge in [0.1, 0.15) is 6.10 Å². The van der Waals surface area contributed by atoms with E-state index in [9.17, 15) is 9.90 Å². The topological polar surface area (TPSA) is 129 Å². The molecule has 0 bridgehead atoms. The van der Waals surface area contributed by atoms with Crippen LogP contribution >= 0.6 is 11.6 Å². The van der Waals surface area contributed by atoms with Crippen LogP contribution in [0.4, 0.5) is 0 Å². The SMILES string of the molecule is CC(C)C(=O)O[C@@H]1CO[C@@]2(N)C1OC[C@H]2Oc1cc2nc(-c3ccc(C4(CO)CC4)cc3)c(Cl)cc2[nH]1. The second kappa shape index (κ2) is 8.96. The van der Waals surface area contributed by atoms with E-state index in [4.69, 9.17) is 41.3 Å². The molecule has 0 spiro atoms. The van der Waals surface area contributed by atoms with Crippen LogP contribution in [-0.2, 0) is 24.4 Å². The Morgan fingerprint density at radius 1 is 1.27 bits per heavy atom. The first-order valence-corrected chi connectivity index (χ1v) is 12.9. The molecule has 1 aliphatic carbocycles. The van der Waals surface area contributed by atoms with E-state index in [2.05, 4.69) is 4.98 Å². The van der Waals surface area contributed by atoms with E-state index in [0.29, 0.717) is 22.1 Å². The Balaban J connectivity index is 1.20. The number of carbonyl (C=O) groups is 1. The molecule has 4 heterocycles. The maximum Gasteiger partial charge on any atom is 0.308 e. The summed E-state index contributed by atoms with van der Waals surface area (Å²) in [5.41, 5.74) is 9.30. The number of halogens is 1. The fourth-order valence-corrected chi connectivity index (χ4v) is 5.39. The Morgan fingerprint density at radius 2 is 2.03 bits per heavy atom. The number of H-pyrrole nitrogens is 1. The van der Waals surface area contributed by atoms with Crippen molar-refractivity contribution in [3.8, 4) is 17.1 Å². The lowest BCUT2D eigenvalue weighted by Crippen LogP contribution is -2.57. The zero-order valence-corrected chi connectivity index (χ0v) is 21.5. The largest absolute Gasteiger partial charge is 0.468 e. The number of aliphatic hydroxyl groups is 1. The van der Waals surface area contributed by atoms with Gasteiger partial charge in [0.25, 0.3) is 0 Å². The van der Waals surface area contributed by atoms with E-state index >= 15 is 0 Å². The first kappa shape index (κ1) is 24.6. The summed E-state index contributed by atoms with van der Waals surface area (Å²) in [7, 11) is 0. The van der Waals surface area contributed by atoms with Crippen molar-refractivity contribution < 1.29 is 28.8 Å². The third kappa shape index (κ3) is 4.19. The number of aromatic amines is 1. The summed E-state index contributed by atoms with van der Waals surface area (Å²) in [4.78, 5) is 20.0. The monoisotopic (exact) mass is 527 g/mol. The summed E-state index contributed by atoms with van der Waals surface area (Å²) in [5.74, 6) is -0.129. The van der Waals surface area contributed by atoms with Gasteiger partial charge in [0.15, 0.2) is 23.8 Å². The van der Waals surface area contributed by atoms with Crippen LogP contribution in [0.25, 0.3) is 22.3 Å². The Labute approximate surface area is 219 Å². The zero-order chi connectivity index (χ0) is 25.9. The molecule has 37 heavy (non-hydrogen) atoms. The number of fused-ring (bicyclic) bond motifs is 2. The molecule has 2 saturated heterocycles. The van der Waals surface area contributed by atoms with E-state index in [0.717, 1.165) is 29.5 Å². The van der Waals surface area contributed by atoms with Crippen molar-refractivity contribution in [2.24, 2.45) is 11.7 Å². The van der Waals surface area contributed by atoms with Gasteiger partial charge >= 0.3 is 5.97 Å². The van der Waals surface area contributed by atoms with E-state index in [1.807, 2.05) is 30.3 Å². The number of hydrogen-bond donors (Lipinski definition) is 3. The van der Waals surface area contributed by atoms with Crippen molar-refractivity contribution in [1.29, 1.82) is 0 Å². The van der Waals surface area contributed by atoms with Crippen molar-refractivity contribution in [3.63, 3.8) is 0 Å². The number of ether oxygens (including phenoxy) is 4. The van der Waals surface area contributed by atoms with E-state index in [1.54, 1.807) is 19.9 Å². The highest BCUT2D eigenvalue weighted by molar-refractivity contribution is 6.33. The molecule has 1 unspecified atom stereocenters. The molecule has 1 saturated carbocycles. The highest BCUT2D eigenvalue weighted by Crippen LogP contribution is 2.48. The first-order valence-electron chi connectivity index (χ1n) is 12.5. The van der Waals surface area contributed by atoms with Gasteiger partial charge in [0.05, 0.1) is 47.5 Å². The summed E-state index contributed by atoms with van der Waals surface area (Å²) in [6, 6.07) is 11.7. The molecule has 0 radical (unpaired) electrons. The Hall–Kier alpha value is -2.69. The molecule has 3 fully saturated rings. The highest BCUT2D eigenvalue weighted by Gasteiger charge is 2.61. The van der Waals surface area contributed by atoms with Crippen molar-refractivity contribution in [2.45, 2.75) is 56.1 Å². The number of nitrogens with two attached hydrogens (primary N) is 1. The number of esters is 1. The summed E-state index contributed by atoms with van der Waals surface area (Å²) < 4.78 is 23.4. The van der Waals surface area contributed by atoms with E-state index < -0.39 is 24.0 Å². The average Bonchev–Trinajstić information content (AvgIpc) is 3.36. The first-order chi connectivity index (χ1) is 17.7. The quantitative estimate of drug-likeness (QED) is 0.399. The smallest absolute Gasteiger partial charge is 0.308 e. The minimum Gasteiger partial charge on any atom is -0.468 e. The van der Waals surface area contributed by atoms with Crippen LogP contribution in [0.15, 0.2) is 36.4 Å². The van der Waals surface area contributed by atoms with Gasteiger partial charge in [-0.05, 0) is 24.5 Å². The number of rotatable bonds is 7. The number of aliphatic hydroxyl groups excluding tert-OH is 1. The lowest BCUT2D eigenvalue weighted by atomic mass is 9.95. The highest BCUT2D eigenvalue weighted by atomic mass is 35.5. The number of pyridine rings is 1. The van der Waals surface area contributed by atoms with Crippen molar-refractivity contribution in [2.75, 3.05) is 19.8 Å². The maximum atomic E-state index is 12.1. The van der Waals surface area contributed by atoms with Gasteiger partial charge < -0.3 is 29.0 Å². The van der Waals surface area contributed by atoms with Crippen LogP contribution in [0, 0.1) is 5.92 Å². The summed E-state index contributed by atoms with van der Waals surface area (Å²) in [6.45, 7) is 4.03. The number of nitrogens with one attached hydrogen (secondary N) is 1. The summed E-state index contributed by atoms with van der Waals surface area (Å²) in [5, 5.41) is 10.2. The standard InChI is InChI=1S/C27H30ClN3O6/c1-14(2)25(33)36-20-11-35-27(29)21(12-34-24(20)27)37-22-10-19-18(30-22)9-17(28)23(31-19)15-3-5-16(6-4-15)26(13-32)7-8-26/h3-6,9-10,14,20-21,24,30,32H,7-8,11-13,29H2,1-2H3/t20-,21-,24?,27-/m1/s1. The molecule has 4 N–H and O–H groups in total. The van der Waals surface area contributed by atoms with Crippen LogP contribution in [-0.4, -0.2) is 64.9 Å². The van der Waals surface area contributed by atoms with Crippen molar-refractivity contribution >= 4 is 28.6 Å². The minimum atomic E-state index is -1.25. The molecular weight excluding hydrogens is 498 g/mol. The number of carbonyl (C=O) groups excluding carboxylic acids is 1. The number of benzene rings is 1. The summed E-state index contributed by atoms with van der Waals surface area (Å²) in [6.07, 6.45) is 0.194. The minimum absolute atomic E-state index is 0.0883. The van der Waals surface area contributed by atoms with Crippen LogP contribution in [0.2, 0.25) is 5.02 Å². The summed E-state index contributed by atoms with van der Waals surface area (Å²) >= 11 is 6.60. The molecular formula is C27H30ClN3O6. The number of hydrogen-bond acceptors (Lipinski definition) is 8. The van der Waals surface area contributed by atoms with Gasteiger partial charge in [-0.25, -0.2) is 4.98 Å². The zero-order valence-electron chi connectivity index (χ0n) is 20.7. The average molecular weight is 528 g/mol.